The molecule has 2 rings (SSSR count). The molecule has 0 fully saturated rings. The number of carbonyl (C=O) groups is 1. The van der Waals surface area contributed by atoms with Crippen molar-refractivity contribution in [2.24, 2.45) is 0 Å². The van der Waals surface area contributed by atoms with E-state index in [0.717, 1.165) is 25.1 Å². The van der Waals surface area contributed by atoms with Crippen LogP contribution in [0.1, 0.15) is 48.0 Å². The summed E-state index contributed by atoms with van der Waals surface area (Å²) in [5, 5.41) is 8.46. The lowest BCUT2D eigenvalue weighted by molar-refractivity contribution is 0.0936. The van der Waals surface area contributed by atoms with Gasteiger partial charge in [0.1, 0.15) is 0 Å². The Balaban J connectivity index is 2.15. The van der Waals surface area contributed by atoms with Crippen LogP contribution in [0.3, 0.4) is 0 Å². The third-order valence-electron chi connectivity index (χ3n) is 3.31. The molecule has 112 valence electrons. The van der Waals surface area contributed by atoms with Crippen LogP contribution in [0.25, 0.3) is 0 Å². The van der Waals surface area contributed by atoms with Gasteiger partial charge in [-0.1, -0.05) is 31.5 Å². The van der Waals surface area contributed by atoms with Gasteiger partial charge in [-0.25, -0.2) is 0 Å². The Labute approximate surface area is 130 Å². The third kappa shape index (κ3) is 4.08. The highest BCUT2D eigenvalue weighted by Gasteiger charge is 2.17. The van der Waals surface area contributed by atoms with E-state index < -0.39 is 0 Å². The van der Waals surface area contributed by atoms with E-state index in [4.69, 9.17) is 0 Å². The molecule has 2 N–H and O–H groups in total. The van der Waals surface area contributed by atoms with Crippen molar-refractivity contribution in [3.05, 3.63) is 52.2 Å². The van der Waals surface area contributed by atoms with Crippen LogP contribution in [0.4, 0.5) is 5.69 Å². The largest absolute Gasteiger partial charge is 0.385 e. The monoisotopic (exact) mass is 302 g/mol. The molecule has 21 heavy (non-hydrogen) atoms. The molecule has 0 saturated heterocycles. The van der Waals surface area contributed by atoms with E-state index in [1.54, 1.807) is 11.3 Å². The molecule has 0 saturated carbocycles. The van der Waals surface area contributed by atoms with E-state index in [1.165, 1.54) is 4.88 Å². The molecule has 1 aromatic carbocycles. The first-order chi connectivity index (χ1) is 10.3. The topological polar surface area (TPSA) is 41.1 Å². The van der Waals surface area contributed by atoms with Crippen molar-refractivity contribution in [1.82, 2.24) is 5.32 Å². The molecule has 1 amide bonds. The molecule has 1 aromatic heterocycles. The number of benzene rings is 1. The summed E-state index contributed by atoms with van der Waals surface area (Å²) in [4.78, 5) is 13.8. The molecule has 3 nitrogen and oxygen atoms in total. The van der Waals surface area contributed by atoms with Crippen molar-refractivity contribution >= 4 is 22.9 Å². The van der Waals surface area contributed by atoms with Crippen LogP contribution >= 0.6 is 11.3 Å². The van der Waals surface area contributed by atoms with Gasteiger partial charge in [0.15, 0.2) is 0 Å². The van der Waals surface area contributed by atoms with Gasteiger partial charge in [-0.3, -0.25) is 4.79 Å². The molecule has 4 heteroatoms. The number of hydrogen-bond acceptors (Lipinski definition) is 3. The maximum Gasteiger partial charge on any atom is 0.253 e. The van der Waals surface area contributed by atoms with Gasteiger partial charge in [0.05, 0.1) is 11.6 Å². The number of rotatable bonds is 7. The fourth-order valence-electron chi connectivity index (χ4n) is 2.33. The van der Waals surface area contributed by atoms with Gasteiger partial charge in [0, 0.05) is 17.1 Å². The standard InChI is InChI=1S/C17H22N2OS/c1-3-8-15(16-11-7-12-21-16)19-17(20)13-9-5-6-10-14(13)18-4-2/h5-7,9-12,15,18H,3-4,8H2,1-2H3,(H,19,20). The Bertz CT molecular complexity index is 566. The lowest BCUT2D eigenvalue weighted by Crippen LogP contribution is -2.28. The molecule has 2 aromatic rings. The van der Waals surface area contributed by atoms with Gasteiger partial charge in [-0.2, -0.15) is 0 Å². The summed E-state index contributed by atoms with van der Waals surface area (Å²) in [7, 11) is 0. The number of anilines is 1. The van der Waals surface area contributed by atoms with Crippen LogP contribution in [0, 0.1) is 0 Å². The SMILES string of the molecule is CCCC(NC(=O)c1ccccc1NCC)c1cccs1. The lowest BCUT2D eigenvalue weighted by atomic mass is 10.1. The minimum absolute atomic E-state index is 0.0154. The van der Waals surface area contributed by atoms with Crippen LogP contribution in [0.2, 0.25) is 0 Å². The highest BCUT2D eigenvalue weighted by Crippen LogP contribution is 2.24. The van der Waals surface area contributed by atoms with Gasteiger partial charge >= 0.3 is 0 Å². The van der Waals surface area contributed by atoms with Crippen LogP contribution in [-0.2, 0) is 0 Å². The zero-order valence-electron chi connectivity index (χ0n) is 12.6. The molecular formula is C17H22N2OS. The predicted molar refractivity (Wildman–Crippen MR) is 90.0 cm³/mol. The molecule has 0 aliphatic heterocycles. The quantitative estimate of drug-likeness (QED) is 0.793. The lowest BCUT2D eigenvalue weighted by Gasteiger charge is -2.18. The number of hydrogen-bond donors (Lipinski definition) is 2. The van der Waals surface area contributed by atoms with E-state index >= 15 is 0 Å². The Morgan fingerprint density at radius 2 is 2.00 bits per heavy atom. The maximum atomic E-state index is 12.6. The molecule has 1 atom stereocenters. The zero-order chi connectivity index (χ0) is 15.1. The Morgan fingerprint density at radius 1 is 1.19 bits per heavy atom. The third-order valence-corrected chi connectivity index (χ3v) is 4.29. The van der Waals surface area contributed by atoms with Gasteiger partial charge in [-0.05, 0) is 36.9 Å². The Kier molecular flexibility index (Phi) is 5.81. The number of amides is 1. The first kappa shape index (κ1) is 15.6. The van der Waals surface area contributed by atoms with Crippen molar-refractivity contribution in [1.29, 1.82) is 0 Å². The summed E-state index contributed by atoms with van der Waals surface area (Å²) < 4.78 is 0. The van der Waals surface area contributed by atoms with E-state index in [0.29, 0.717) is 5.56 Å². The van der Waals surface area contributed by atoms with Crippen LogP contribution < -0.4 is 10.6 Å². The second-order valence-corrected chi connectivity index (χ2v) is 5.89. The van der Waals surface area contributed by atoms with Crippen molar-refractivity contribution in [3.8, 4) is 0 Å². The van der Waals surface area contributed by atoms with Crippen molar-refractivity contribution in [2.45, 2.75) is 32.7 Å². The van der Waals surface area contributed by atoms with E-state index in [9.17, 15) is 4.79 Å². The first-order valence-corrected chi connectivity index (χ1v) is 8.31. The zero-order valence-corrected chi connectivity index (χ0v) is 13.4. The summed E-state index contributed by atoms with van der Waals surface area (Å²) >= 11 is 1.69. The van der Waals surface area contributed by atoms with Gasteiger partial charge < -0.3 is 10.6 Å². The second-order valence-electron chi connectivity index (χ2n) is 4.91. The molecule has 0 bridgehead atoms. The normalized spacial score (nSPS) is 11.9. The van der Waals surface area contributed by atoms with Gasteiger partial charge in [0.2, 0.25) is 0 Å². The molecule has 0 spiro atoms. The summed E-state index contributed by atoms with van der Waals surface area (Å²) in [6.45, 7) is 4.97. The molecule has 0 aliphatic carbocycles. The minimum atomic E-state index is -0.0154. The summed E-state index contributed by atoms with van der Waals surface area (Å²) in [5.41, 5.74) is 1.59. The van der Waals surface area contributed by atoms with Crippen molar-refractivity contribution < 1.29 is 4.79 Å². The average molecular weight is 302 g/mol. The smallest absolute Gasteiger partial charge is 0.253 e. The molecule has 1 unspecified atom stereocenters. The summed E-state index contributed by atoms with van der Waals surface area (Å²) in [6.07, 6.45) is 1.99. The Morgan fingerprint density at radius 3 is 2.67 bits per heavy atom. The summed E-state index contributed by atoms with van der Waals surface area (Å²) in [5.74, 6) is -0.0154. The van der Waals surface area contributed by atoms with Crippen LogP contribution in [0.15, 0.2) is 41.8 Å². The predicted octanol–water partition coefficient (Wildman–Crippen LogP) is 4.45. The fraction of sp³-hybridized carbons (Fsp3) is 0.353. The number of para-hydroxylation sites is 1. The van der Waals surface area contributed by atoms with Gasteiger partial charge in [-0.15, -0.1) is 11.3 Å². The van der Waals surface area contributed by atoms with Crippen molar-refractivity contribution in [2.75, 3.05) is 11.9 Å². The van der Waals surface area contributed by atoms with Crippen LogP contribution in [-0.4, -0.2) is 12.5 Å². The number of carbonyl (C=O) groups excluding carboxylic acids is 1. The average Bonchev–Trinajstić information content (AvgIpc) is 3.02. The van der Waals surface area contributed by atoms with E-state index in [1.807, 2.05) is 37.3 Å². The van der Waals surface area contributed by atoms with Crippen molar-refractivity contribution in [3.63, 3.8) is 0 Å². The second kappa shape index (κ2) is 7.84. The number of thiophene rings is 1. The first-order valence-electron chi connectivity index (χ1n) is 7.43. The molecule has 0 radical (unpaired) electrons. The van der Waals surface area contributed by atoms with E-state index in [-0.39, 0.29) is 11.9 Å². The maximum absolute atomic E-state index is 12.6. The molecule has 0 aliphatic rings. The highest BCUT2D eigenvalue weighted by atomic mass is 32.1. The molecule has 1 heterocycles. The minimum Gasteiger partial charge on any atom is -0.385 e. The highest BCUT2D eigenvalue weighted by molar-refractivity contribution is 7.10. The summed E-state index contributed by atoms with van der Waals surface area (Å²) in [6, 6.07) is 11.9. The molecular weight excluding hydrogens is 280 g/mol. The van der Waals surface area contributed by atoms with Crippen LogP contribution in [0.5, 0.6) is 0 Å². The van der Waals surface area contributed by atoms with E-state index in [2.05, 4.69) is 29.0 Å². The Hall–Kier alpha value is -1.81. The number of nitrogens with one attached hydrogen (secondary N) is 2. The van der Waals surface area contributed by atoms with Gasteiger partial charge in [0.25, 0.3) is 5.91 Å². The fourth-order valence-corrected chi connectivity index (χ4v) is 3.14.